The van der Waals surface area contributed by atoms with Gasteiger partial charge < -0.3 is 9.80 Å². The lowest BCUT2D eigenvalue weighted by Crippen LogP contribution is -2.54. The van der Waals surface area contributed by atoms with Crippen LogP contribution in [0, 0.1) is 0 Å². The average Bonchev–Trinajstić information content (AvgIpc) is 2.67. The molecule has 3 nitrogen and oxygen atoms in total. The van der Waals surface area contributed by atoms with E-state index < -0.39 is 0 Å². The molecule has 3 rings (SSSR count). The topological polar surface area (TPSA) is 18.8 Å². The molecule has 2 aliphatic rings. The molecule has 0 saturated carbocycles. The van der Waals surface area contributed by atoms with E-state index in [0.717, 1.165) is 44.1 Å². The fourth-order valence-corrected chi connectivity index (χ4v) is 3.55. The van der Waals surface area contributed by atoms with Crippen molar-refractivity contribution in [2.45, 2.75) is 32.2 Å². The average molecular weight is 312 g/mol. The molecule has 0 amide bonds. The minimum Gasteiger partial charge on any atom is -0.340 e. The zero-order valence-electron chi connectivity index (χ0n) is 11.6. The number of hydrogen-bond acceptors (Lipinski definition) is 3. The molecule has 0 radical (unpaired) electrons. The SMILES string of the molecule is CC1CCN(c2c(Cl)cccc2Cl)C2=NCCCCN21. The molecule has 0 aliphatic carbocycles. The van der Waals surface area contributed by atoms with E-state index in [1.807, 2.05) is 18.2 Å². The summed E-state index contributed by atoms with van der Waals surface area (Å²) >= 11 is 12.7. The summed E-state index contributed by atoms with van der Waals surface area (Å²) in [5.74, 6) is 1.04. The predicted molar refractivity (Wildman–Crippen MR) is 86.1 cm³/mol. The fraction of sp³-hybridized carbons (Fsp3) is 0.533. The van der Waals surface area contributed by atoms with Crippen molar-refractivity contribution in [3.05, 3.63) is 28.2 Å². The Balaban J connectivity index is 2.02. The molecule has 1 unspecified atom stereocenters. The van der Waals surface area contributed by atoms with E-state index in [9.17, 15) is 0 Å². The molecule has 1 saturated heterocycles. The van der Waals surface area contributed by atoms with E-state index in [0.29, 0.717) is 16.1 Å². The number of guanidine groups is 1. The smallest absolute Gasteiger partial charge is 0.201 e. The first kappa shape index (κ1) is 14.0. The number of halogens is 2. The first-order chi connectivity index (χ1) is 9.68. The standard InChI is InChI=1S/C15H19Cl2N3/c1-11-7-10-20(14-12(16)5-4-6-13(14)17)15-18-8-2-3-9-19(11)15/h4-6,11H,2-3,7-10H2,1H3. The van der Waals surface area contributed by atoms with Crippen LogP contribution in [0.4, 0.5) is 5.69 Å². The van der Waals surface area contributed by atoms with Crippen LogP contribution in [0.3, 0.4) is 0 Å². The molecule has 1 aromatic carbocycles. The maximum Gasteiger partial charge on any atom is 0.201 e. The van der Waals surface area contributed by atoms with Gasteiger partial charge in [0.1, 0.15) is 0 Å². The molecule has 5 heteroatoms. The molecular weight excluding hydrogens is 293 g/mol. The van der Waals surface area contributed by atoms with Gasteiger partial charge in [0.05, 0.1) is 15.7 Å². The van der Waals surface area contributed by atoms with Crippen LogP contribution in [-0.2, 0) is 0 Å². The summed E-state index contributed by atoms with van der Waals surface area (Å²) in [6.07, 6.45) is 3.44. The Morgan fingerprint density at radius 3 is 2.65 bits per heavy atom. The minimum atomic E-state index is 0.532. The van der Waals surface area contributed by atoms with Gasteiger partial charge in [-0.25, -0.2) is 0 Å². The van der Waals surface area contributed by atoms with Crippen LogP contribution in [0.25, 0.3) is 0 Å². The Kier molecular flexibility index (Phi) is 4.08. The highest BCUT2D eigenvalue weighted by molar-refractivity contribution is 6.40. The number of nitrogens with zero attached hydrogens (tertiary/aromatic N) is 3. The molecule has 2 aliphatic heterocycles. The molecule has 0 aromatic heterocycles. The van der Waals surface area contributed by atoms with E-state index in [-0.39, 0.29) is 0 Å². The van der Waals surface area contributed by atoms with Gasteiger partial charge in [-0.15, -0.1) is 0 Å². The molecule has 1 atom stereocenters. The van der Waals surface area contributed by atoms with Gasteiger partial charge in [-0.05, 0) is 38.3 Å². The summed E-state index contributed by atoms with van der Waals surface area (Å²) in [7, 11) is 0. The van der Waals surface area contributed by atoms with E-state index in [1.165, 1.54) is 6.42 Å². The Morgan fingerprint density at radius 2 is 1.90 bits per heavy atom. The van der Waals surface area contributed by atoms with Crippen molar-refractivity contribution in [1.29, 1.82) is 0 Å². The van der Waals surface area contributed by atoms with Crippen LogP contribution >= 0.6 is 23.2 Å². The molecule has 0 bridgehead atoms. The normalized spacial score (nSPS) is 23.1. The zero-order chi connectivity index (χ0) is 14.1. The van der Waals surface area contributed by atoms with Crippen molar-refractivity contribution >= 4 is 34.8 Å². The van der Waals surface area contributed by atoms with E-state index in [1.54, 1.807) is 0 Å². The lowest BCUT2D eigenvalue weighted by molar-refractivity contribution is 0.292. The highest BCUT2D eigenvalue weighted by Gasteiger charge is 2.32. The van der Waals surface area contributed by atoms with Crippen molar-refractivity contribution in [1.82, 2.24) is 4.90 Å². The van der Waals surface area contributed by atoms with Crippen molar-refractivity contribution in [3.8, 4) is 0 Å². The molecule has 1 fully saturated rings. The third-order valence-electron chi connectivity index (χ3n) is 4.07. The van der Waals surface area contributed by atoms with Gasteiger partial charge in [-0.3, -0.25) is 4.99 Å². The van der Waals surface area contributed by atoms with Crippen molar-refractivity contribution in [2.75, 3.05) is 24.5 Å². The Bertz CT molecular complexity index is 510. The number of fused-ring (bicyclic) bond motifs is 1. The van der Waals surface area contributed by atoms with Gasteiger partial charge in [0.15, 0.2) is 0 Å². The number of hydrogen-bond donors (Lipinski definition) is 0. The lowest BCUT2D eigenvalue weighted by Gasteiger charge is -2.43. The Morgan fingerprint density at radius 1 is 1.15 bits per heavy atom. The molecule has 0 N–H and O–H groups in total. The van der Waals surface area contributed by atoms with Crippen LogP contribution in [0.2, 0.25) is 10.0 Å². The van der Waals surface area contributed by atoms with Crippen LogP contribution in [0.15, 0.2) is 23.2 Å². The maximum atomic E-state index is 6.37. The second-order valence-corrected chi connectivity index (χ2v) is 6.26. The van der Waals surface area contributed by atoms with Gasteiger partial charge in [-0.1, -0.05) is 29.3 Å². The molecule has 0 spiro atoms. The summed E-state index contributed by atoms with van der Waals surface area (Å²) < 4.78 is 0. The molecular formula is C15H19Cl2N3. The number of benzene rings is 1. The predicted octanol–water partition coefficient (Wildman–Crippen LogP) is 4.04. The van der Waals surface area contributed by atoms with Gasteiger partial charge in [0.25, 0.3) is 0 Å². The summed E-state index contributed by atoms with van der Waals surface area (Å²) in [5, 5.41) is 1.39. The van der Waals surface area contributed by atoms with Gasteiger partial charge in [0, 0.05) is 25.7 Å². The third kappa shape index (κ3) is 2.49. The first-order valence-electron chi connectivity index (χ1n) is 7.21. The highest BCUT2D eigenvalue weighted by atomic mass is 35.5. The summed E-state index contributed by atoms with van der Waals surface area (Å²) in [6, 6.07) is 6.20. The van der Waals surface area contributed by atoms with E-state index >= 15 is 0 Å². The second-order valence-electron chi connectivity index (χ2n) is 5.44. The van der Waals surface area contributed by atoms with Crippen LogP contribution in [0.1, 0.15) is 26.2 Å². The fourth-order valence-electron chi connectivity index (χ4n) is 2.95. The van der Waals surface area contributed by atoms with Gasteiger partial charge in [-0.2, -0.15) is 0 Å². The van der Waals surface area contributed by atoms with Crippen LogP contribution in [-0.4, -0.2) is 36.5 Å². The molecule has 1 aromatic rings. The minimum absolute atomic E-state index is 0.532. The Hall–Kier alpha value is -0.930. The van der Waals surface area contributed by atoms with Gasteiger partial charge in [0.2, 0.25) is 5.96 Å². The van der Waals surface area contributed by atoms with Crippen molar-refractivity contribution in [3.63, 3.8) is 0 Å². The number of anilines is 1. The zero-order valence-corrected chi connectivity index (χ0v) is 13.2. The van der Waals surface area contributed by atoms with Gasteiger partial charge >= 0.3 is 0 Å². The van der Waals surface area contributed by atoms with E-state index in [2.05, 4.69) is 16.7 Å². The molecule has 2 heterocycles. The van der Waals surface area contributed by atoms with Crippen LogP contribution in [0.5, 0.6) is 0 Å². The third-order valence-corrected chi connectivity index (χ3v) is 4.68. The highest BCUT2D eigenvalue weighted by Crippen LogP contribution is 2.36. The number of rotatable bonds is 1. The number of para-hydroxylation sites is 1. The summed E-state index contributed by atoms with van der Waals surface area (Å²) in [6.45, 7) is 5.14. The largest absolute Gasteiger partial charge is 0.340 e. The first-order valence-corrected chi connectivity index (χ1v) is 7.96. The summed E-state index contributed by atoms with van der Waals surface area (Å²) in [4.78, 5) is 9.38. The van der Waals surface area contributed by atoms with Crippen molar-refractivity contribution < 1.29 is 0 Å². The van der Waals surface area contributed by atoms with Crippen molar-refractivity contribution in [2.24, 2.45) is 4.99 Å². The summed E-state index contributed by atoms with van der Waals surface area (Å²) in [5.41, 5.74) is 0.897. The van der Waals surface area contributed by atoms with E-state index in [4.69, 9.17) is 28.2 Å². The number of aliphatic imine (C=N–C) groups is 1. The lowest BCUT2D eigenvalue weighted by atomic mass is 10.1. The molecule has 108 valence electrons. The molecule has 20 heavy (non-hydrogen) atoms. The Labute approximate surface area is 130 Å². The quantitative estimate of drug-likeness (QED) is 0.779. The maximum absolute atomic E-state index is 6.37. The van der Waals surface area contributed by atoms with Crippen LogP contribution < -0.4 is 4.90 Å². The second kappa shape index (κ2) is 5.82. The monoisotopic (exact) mass is 311 g/mol.